The van der Waals surface area contributed by atoms with Crippen LogP contribution in [-0.4, -0.2) is 48.9 Å². The third-order valence-corrected chi connectivity index (χ3v) is 5.96. The number of nitrogens with two attached hydrogens (primary N) is 1. The van der Waals surface area contributed by atoms with Gasteiger partial charge in [0, 0.05) is 35.6 Å². The number of rotatable bonds is 2. The van der Waals surface area contributed by atoms with Crippen molar-refractivity contribution < 1.29 is 13.2 Å². The molecule has 1 heterocycles. The van der Waals surface area contributed by atoms with E-state index >= 15 is 0 Å². The van der Waals surface area contributed by atoms with Gasteiger partial charge in [-0.3, -0.25) is 4.79 Å². The van der Waals surface area contributed by atoms with E-state index in [1.54, 1.807) is 36.9 Å². The number of carbonyl (C=O) groups excluding carboxylic acids is 1. The largest absolute Gasteiger partial charge is 0.399 e. The Kier molecular flexibility index (Phi) is 4.29. The van der Waals surface area contributed by atoms with E-state index in [1.165, 1.54) is 11.2 Å². The Morgan fingerprint density at radius 1 is 1.45 bits per heavy atom. The van der Waals surface area contributed by atoms with Crippen LogP contribution in [0.15, 0.2) is 18.2 Å². The summed E-state index contributed by atoms with van der Waals surface area (Å²) in [7, 11) is -3.29. The van der Waals surface area contributed by atoms with Crippen molar-refractivity contribution in [2.45, 2.75) is 12.3 Å². The molecule has 0 spiro atoms. The summed E-state index contributed by atoms with van der Waals surface area (Å²) in [5.41, 5.74) is 7.55. The number of hydrogen-bond acceptors (Lipinski definition) is 5. The van der Waals surface area contributed by atoms with Gasteiger partial charge >= 0.3 is 0 Å². The highest BCUT2D eigenvalue weighted by atomic mass is 32.2. The van der Waals surface area contributed by atoms with Crippen molar-refractivity contribution in [3.8, 4) is 0 Å². The van der Waals surface area contributed by atoms with E-state index in [0.29, 0.717) is 23.5 Å². The first-order chi connectivity index (χ1) is 9.30. The summed E-state index contributed by atoms with van der Waals surface area (Å²) < 4.78 is 23.7. The summed E-state index contributed by atoms with van der Waals surface area (Å²) in [5.74, 6) is 0.947. The lowest BCUT2D eigenvalue weighted by molar-refractivity contribution is 0.0749. The number of nitrogen functional groups attached to an aromatic ring is 1. The SMILES string of the molecule is Cc1cc(N)ccc1C(=O)N1CCSCC1S(C)(=O)=O. The van der Waals surface area contributed by atoms with Crippen molar-refractivity contribution in [3.63, 3.8) is 0 Å². The fourth-order valence-corrected chi connectivity index (χ4v) is 5.06. The second kappa shape index (κ2) is 5.65. The molecule has 20 heavy (non-hydrogen) atoms. The minimum Gasteiger partial charge on any atom is -0.399 e. The first-order valence-electron chi connectivity index (χ1n) is 6.24. The fraction of sp³-hybridized carbons (Fsp3) is 0.462. The zero-order valence-corrected chi connectivity index (χ0v) is 13.1. The van der Waals surface area contributed by atoms with Crippen molar-refractivity contribution in [1.82, 2.24) is 4.90 Å². The van der Waals surface area contributed by atoms with Crippen LogP contribution in [0.2, 0.25) is 0 Å². The first-order valence-corrected chi connectivity index (χ1v) is 9.35. The Balaban J connectivity index is 2.35. The number of amides is 1. The molecule has 0 aromatic heterocycles. The maximum absolute atomic E-state index is 12.6. The van der Waals surface area contributed by atoms with Crippen LogP contribution in [0.4, 0.5) is 5.69 Å². The molecule has 7 heteroatoms. The van der Waals surface area contributed by atoms with E-state index in [9.17, 15) is 13.2 Å². The molecule has 1 fully saturated rings. The predicted molar refractivity (Wildman–Crippen MR) is 82.6 cm³/mol. The van der Waals surface area contributed by atoms with Gasteiger partial charge in [0.2, 0.25) is 0 Å². The Bertz CT molecular complexity index is 629. The Morgan fingerprint density at radius 2 is 2.15 bits per heavy atom. The van der Waals surface area contributed by atoms with Crippen molar-refractivity contribution in [1.29, 1.82) is 0 Å². The van der Waals surface area contributed by atoms with Crippen LogP contribution in [0.3, 0.4) is 0 Å². The van der Waals surface area contributed by atoms with Crippen LogP contribution in [0.5, 0.6) is 0 Å². The van der Waals surface area contributed by atoms with E-state index < -0.39 is 15.2 Å². The number of carbonyl (C=O) groups is 1. The first kappa shape index (κ1) is 15.2. The molecule has 0 saturated carbocycles. The van der Waals surface area contributed by atoms with Gasteiger partial charge in [0.05, 0.1) is 0 Å². The molecule has 1 aliphatic rings. The zero-order valence-electron chi connectivity index (χ0n) is 11.5. The standard InChI is InChI=1S/C13H18N2O3S2/c1-9-7-10(14)3-4-11(9)13(16)15-5-6-19-8-12(15)20(2,17)18/h3-4,7,12H,5-6,8,14H2,1-2H3. The summed E-state index contributed by atoms with van der Waals surface area (Å²) in [6, 6.07) is 5.05. The van der Waals surface area contributed by atoms with E-state index in [-0.39, 0.29) is 5.91 Å². The number of thioether (sulfide) groups is 1. The van der Waals surface area contributed by atoms with Gasteiger partial charge in [-0.15, -0.1) is 0 Å². The maximum Gasteiger partial charge on any atom is 0.255 e. The summed E-state index contributed by atoms with van der Waals surface area (Å²) >= 11 is 1.56. The van der Waals surface area contributed by atoms with Crippen LogP contribution >= 0.6 is 11.8 Å². The highest BCUT2D eigenvalue weighted by molar-refractivity contribution is 8.00. The van der Waals surface area contributed by atoms with Gasteiger partial charge in [-0.1, -0.05) is 0 Å². The number of aryl methyl sites for hydroxylation is 1. The second-order valence-electron chi connectivity index (χ2n) is 4.93. The van der Waals surface area contributed by atoms with Gasteiger partial charge in [-0.2, -0.15) is 11.8 Å². The van der Waals surface area contributed by atoms with Gasteiger partial charge in [-0.05, 0) is 30.7 Å². The van der Waals surface area contributed by atoms with Crippen molar-refractivity contribution in [2.75, 3.05) is 30.0 Å². The molecular weight excluding hydrogens is 296 g/mol. The summed E-state index contributed by atoms with van der Waals surface area (Å²) in [4.78, 5) is 14.1. The van der Waals surface area contributed by atoms with E-state index in [0.717, 1.165) is 11.3 Å². The lowest BCUT2D eigenvalue weighted by atomic mass is 10.1. The third kappa shape index (κ3) is 3.09. The Labute approximate surface area is 123 Å². The molecule has 1 atom stereocenters. The molecule has 1 amide bonds. The topological polar surface area (TPSA) is 80.5 Å². The lowest BCUT2D eigenvalue weighted by Gasteiger charge is -2.34. The number of nitrogens with zero attached hydrogens (tertiary/aromatic N) is 1. The smallest absolute Gasteiger partial charge is 0.255 e. The molecule has 1 saturated heterocycles. The quantitative estimate of drug-likeness (QED) is 0.828. The van der Waals surface area contributed by atoms with E-state index in [4.69, 9.17) is 5.73 Å². The number of benzene rings is 1. The summed E-state index contributed by atoms with van der Waals surface area (Å²) in [6.07, 6.45) is 1.18. The molecule has 5 nitrogen and oxygen atoms in total. The van der Waals surface area contributed by atoms with Gasteiger partial charge < -0.3 is 10.6 Å². The molecule has 1 aromatic carbocycles. The molecular formula is C13H18N2O3S2. The van der Waals surface area contributed by atoms with Crippen molar-refractivity contribution in [3.05, 3.63) is 29.3 Å². The molecule has 0 aliphatic carbocycles. The van der Waals surface area contributed by atoms with Crippen LogP contribution in [0.1, 0.15) is 15.9 Å². The van der Waals surface area contributed by atoms with Crippen LogP contribution in [-0.2, 0) is 9.84 Å². The van der Waals surface area contributed by atoms with E-state index in [2.05, 4.69) is 0 Å². The minimum absolute atomic E-state index is 0.238. The van der Waals surface area contributed by atoms with Crippen LogP contribution < -0.4 is 5.73 Å². The summed E-state index contributed by atoms with van der Waals surface area (Å²) in [5, 5.41) is -0.745. The lowest BCUT2D eigenvalue weighted by Crippen LogP contribution is -2.50. The number of anilines is 1. The van der Waals surface area contributed by atoms with Crippen LogP contribution in [0.25, 0.3) is 0 Å². The number of sulfone groups is 1. The highest BCUT2D eigenvalue weighted by Gasteiger charge is 2.34. The molecule has 1 aliphatic heterocycles. The zero-order chi connectivity index (χ0) is 14.9. The summed E-state index contributed by atoms with van der Waals surface area (Å²) in [6.45, 7) is 2.25. The average Bonchev–Trinajstić information content (AvgIpc) is 2.37. The van der Waals surface area contributed by atoms with Crippen LogP contribution in [0, 0.1) is 6.92 Å². The van der Waals surface area contributed by atoms with Gasteiger partial charge in [-0.25, -0.2) is 8.42 Å². The average molecular weight is 314 g/mol. The molecule has 1 unspecified atom stereocenters. The molecule has 110 valence electrons. The monoisotopic (exact) mass is 314 g/mol. The van der Waals surface area contributed by atoms with Crippen molar-refractivity contribution in [2.24, 2.45) is 0 Å². The number of hydrogen-bond donors (Lipinski definition) is 1. The second-order valence-corrected chi connectivity index (χ2v) is 8.29. The highest BCUT2D eigenvalue weighted by Crippen LogP contribution is 2.24. The molecule has 2 N–H and O–H groups in total. The van der Waals surface area contributed by atoms with E-state index in [1.807, 2.05) is 0 Å². The molecule has 0 radical (unpaired) electrons. The Morgan fingerprint density at radius 3 is 2.75 bits per heavy atom. The van der Waals surface area contributed by atoms with Gasteiger partial charge in [0.25, 0.3) is 5.91 Å². The normalized spacial score (nSPS) is 19.9. The molecule has 1 aromatic rings. The Hall–Kier alpha value is -1.21. The van der Waals surface area contributed by atoms with Crippen molar-refractivity contribution >= 4 is 33.2 Å². The molecule has 0 bridgehead atoms. The predicted octanol–water partition coefficient (Wildman–Crippen LogP) is 1.14. The van der Waals surface area contributed by atoms with Gasteiger partial charge in [0.15, 0.2) is 9.84 Å². The fourth-order valence-electron chi connectivity index (χ4n) is 2.25. The minimum atomic E-state index is -3.29. The third-order valence-electron chi connectivity index (χ3n) is 3.32. The maximum atomic E-state index is 12.6. The van der Waals surface area contributed by atoms with Gasteiger partial charge in [0.1, 0.15) is 5.37 Å². The molecule has 2 rings (SSSR count).